The predicted octanol–water partition coefficient (Wildman–Crippen LogP) is 2.79. The van der Waals surface area contributed by atoms with Crippen molar-refractivity contribution in [3.63, 3.8) is 0 Å². The molecule has 0 bridgehead atoms. The van der Waals surface area contributed by atoms with Crippen molar-refractivity contribution >= 4 is 5.71 Å². The minimum Gasteiger partial charge on any atom is -0.411 e. The molecule has 0 saturated carbocycles. The van der Waals surface area contributed by atoms with Gasteiger partial charge < -0.3 is 5.21 Å². The topological polar surface area (TPSA) is 35.8 Å². The molecule has 98 valence electrons. The van der Waals surface area contributed by atoms with Crippen molar-refractivity contribution < 1.29 is 5.21 Å². The van der Waals surface area contributed by atoms with Crippen LogP contribution in [0, 0.1) is 5.92 Å². The van der Waals surface area contributed by atoms with Crippen molar-refractivity contribution in [2.24, 2.45) is 11.1 Å². The SMILES string of the molecule is C[C@@H]1C/C(=N\O)[C@@H](C)CN1CCc1ccccc1. The lowest BCUT2D eigenvalue weighted by molar-refractivity contribution is 0.178. The van der Waals surface area contributed by atoms with Crippen LogP contribution >= 0.6 is 0 Å². The average molecular weight is 246 g/mol. The van der Waals surface area contributed by atoms with Gasteiger partial charge in [0.15, 0.2) is 0 Å². The van der Waals surface area contributed by atoms with E-state index in [1.54, 1.807) is 0 Å². The van der Waals surface area contributed by atoms with Gasteiger partial charge in [-0.15, -0.1) is 0 Å². The lowest BCUT2D eigenvalue weighted by Gasteiger charge is -2.37. The molecule has 1 N–H and O–H groups in total. The van der Waals surface area contributed by atoms with E-state index in [0.29, 0.717) is 12.0 Å². The molecule has 1 aromatic carbocycles. The molecule has 2 rings (SSSR count). The lowest BCUT2D eigenvalue weighted by atomic mass is 9.92. The van der Waals surface area contributed by atoms with Crippen molar-refractivity contribution in [1.82, 2.24) is 4.90 Å². The largest absolute Gasteiger partial charge is 0.411 e. The summed E-state index contributed by atoms with van der Waals surface area (Å²) in [7, 11) is 0. The van der Waals surface area contributed by atoms with Gasteiger partial charge in [0.25, 0.3) is 0 Å². The third-order valence-electron chi connectivity index (χ3n) is 3.86. The average Bonchev–Trinajstić information content (AvgIpc) is 2.40. The van der Waals surface area contributed by atoms with Gasteiger partial charge in [0.2, 0.25) is 0 Å². The molecule has 3 heteroatoms. The Balaban J connectivity index is 1.90. The second kappa shape index (κ2) is 6.01. The number of hydrogen-bond donors (Lipinski definition) is 1. The summed E-state index contributed by atoms with van der Waals surface area (Å²) in [5.74, 6) is 0.363. The maximum atomic E-state index is 8.94. The van der Waals surface area contributed by atoms with Gasteiger partial charge in [-0.3, -0.25) is 4.90 Å². The molecule has 1 aromatic rings. The summed E-state index contributed by atoms with van der Waals surface area (Å²) in [5.41, 5.74) is 2.33. The quantitative estimate of drug-likeness (QED) is 0.657. The number of benzene rings is 1. The van der Waals surface area contributed by atoms with Crippen molar-refractivity contribution in [3.8, 4) is 0 Å². The third kappa shape index (κ3) is 3.10. The highest BCUT2D eigenvalue weighted by Crippen LogP contribution is 2.20. The summed E-state index contributed by atoms with van der Waals surface area (Å²) in [6.45, 7) is 6.42. The zero-order chi connectivity index (χ0) is 13.0. The Morgan fingerprint density at radius 3 is 2.67 bits per heavy atom. The van der Waals surface area contributed by atoms with Crippen LogP contribution in [0.4, 0.5) is 0 Å². The Morgan fingerprint density at radius 1 is 1.28 bits per heavy atom. The van der Waals surface area contributed by atoms with E-state index in [-0.39, 0.29) is 0 Å². The van der Waals surface area contributed by atoms with Crippen molar-refractivity contribution in [2.75, 3.05) is 13.1 Å². The molecule has 18 heavy (non-hydrogen) atoms. The number of piperidine rings is 1. The first-order valence-electron chi connectivity index (χ1n) is 6.69. The monoisotopic (exact) mass is 246 g/mol. The molecule has 1 aliphatic heterocycles. The van der Waals surface area contributed by atoms with E-state index in [0.717, 1.165) is 31.6 Å². The van der Waals surface area contributed by atoms with Gasteiger partial charge in [-0.05, 0) is 18.9 Å². The molecule has 1 heterocycles. The highest BCUT2D eigenvalue weighted by molar-refractivity contribution is 5.87. The number of oxime groups is 1. The van der Waals surface area contributed by atoms with Crippen LogP contribution in [0.1, 0.15) is 25.8 Å². The summed E-state index contributed by atoms with van der Waals surface area (Å²) in [5, 5.41) is 12.4. The molecule has 0 unspecified atom stereocenters. The fourth-order valence-corrected chi connectivity index (χ4v) is 2.64. The molecule has 0 amide bonds. The van der Waals surface area contributed by atoms with Crippen molar-refractivity contribution in [1.29, 1.82) is 0 Å². The van der Waals surface area contributed by atoms with Crippen LogP contribution in [0.15, 0.2) is 35.5 Å². The molecular formula is C15H22N2O. The molecule has 2 atom stereocenters. The first-order valence-corrected chi connectivity index (χ1v) is 6.69. The van der Waals surface area contributed by atoms with Gasteiger partial charge >= 0.3 is 0 Å². The number of rotatable bonds is 3. The third-order valence-corrected chi connectivity index (χ3v) is 3.86. The van der Waals surface area contributed by atoms with Crippen LogP contribution in [-0.2, 0) is 6.42 Å². The van der Waals surface area contributed by atoms with Crippen LogP contribution < -0.4 is 0 Å². The molecule has 3 nitrogen and oxygen atoms in total. The van der Waals surface area contributed by atoms with Gasteiger partial charge in [0.1, 0.15) is 0 Å². The Kier molecular flexibility index (Phi) is 4.37. The zero-order valence-electron chi connectivity index (χ0n) is 11.2. The summed E-state index contributed by atoms with van der Waals surface area (Å²) >= 11 is 0. The van der Waals surface area contributed by atoms with Crippen LogP contribution in [0.5, 0.6) is 0 Å². The zero-order valence-corrected chi connectivity index (χ0v) is 11.2. The first-order chi connectivity index (χ1) is 8.70. The molecule has 0 aromatic heterocycles. The second-order valence-electron chi connectivity index (χ2n) is 5.28. The Morgan fingerprint density at radius 2 is 2.00 bits per heavy atom. The molecule has 1 aliphatic rings. The van der Waals surface area contributed by atoms with Crippen LogP contribution in [0.25, 0.3) is 0 Å². The summed E-state index contributed by atoms with van der Waals surface area (Å²) in [6.07, 6.45) is 1.97. The fourth-order valence-electron chi connectivity index (χ4n) is 2.64. The Bertz CT molecular complexity index is 402. The highest BCUT2D eigenvalue weighted by atomic mass is 16.4. The van der Waals surface area contributed by atoms with E-state index in [2.05, 4.69) is 54.2 Å². The Labute approximate surface area is 109 Å². The van der Waals surface area contributed by atoms with E-state index < -0.39 is 0 Å². The molecule has 0 radical (unpaired) electrons. The minimum absolute atomic E-state index is 0.363. The van der Waals surface area contributed by atoms with Crippen LogP contribution in [-0.4, -0.2) is 35.0 Å². The van der Waals surface area contributed by atoms with Crippen molar-refractivity contribution in [3.05, 3.63) is 35.9 Å². The van der Waals surface area contributed by atoms with Gasteiger partial charge in [0, 0.05) is 31.5 Å². The number of nitrogens with zero attached hydrogens (tertiary/aromatic N) is 2. The van der Waals surface area contributed by atoms with Gasteiger partial charge in [-0.25, -0.2) is 0 Å². The molecule has 0 spiro atoms. The maximum Gasteiger partial charge on any atom is 0.0627 e. The first kappa shape index (κ1) is 13.1. The maximum absolute atomic E-state index is 8.94. The van der Waals surface area contributed by atoms with Crippen LogP contribution in [0.3, 0.4) is 0 Å². The van der Waals surface area contributed by atoms with Gasteiger partial charge in [0.05, 0.1) is 5.71 Å². The van der Waals surface area contributed by atoms with Crippen molar-refractivity contribution in [2.45, 2.75) is 32.7 Å². The summed E-state index contributed by atoms with van der Waals surface area (Å²) in [6, 6.07) is 11.1. The fraction of sp³-hybridized carbons (Fsp3) is 0.533. The van der Waals surface area contributed by atoms with E-state index in [1.165, 1.54) is 5.56 Å². The smallest absolute Gasteiger partial charge is 0.0627 e. The minimum atomic E-state index is 0.363. The Hall–Kier alpha value is -1.35. The highest BCUT2D eigenvalue weighted by Gasteiger charge is 2.27. The summed E-state index contributed by atoms with van der Waals surface area (Å²) in [4.78, 5) is 2.49. The predicted molar refractivity (Wildman–Crippen MR) is 74.2 cm³/mol. The van der Waals surface area contributed by atoms with E-state index in [9.17, 15) is 0 Å². The van der Waals surface area contributed by atoms with Crippen LogP contribution in [0.2, 0.25) is 0 Å². The molecule has 1 saturated heterocycles. The second-order valence-corrected chi connectivity index (χ2v) is 5.28. The molecular weight excluding hydrogens is 224 g/mol. The van der Waals surface area contributed by atoms with Gasteiger partial charge in [-0.2, -0.15) is 0 Å². The normalized spacial score (nSPS) is 27.6. The number of likely N-dealkylation sites (tertiary alicyclic amines) is 1. The van der Waals surface area contributed by atoms with Gasteiger partial charge in [-0.1, -0.05) is 42.4 Å². The molecule has 1 fully saturated rings. The van der Waals surface area contributed by atoms with E-state index in [1.807, 2.05) is 0 Å². The van der Waals surface area contributed by atoms with E-state index in [4.69, 9.17) is 5.21 Å². The van der Waals surface area contributed by atoms with E-state index >= 15 is 0 Å². The summed E-state index contributed by atoms with van der Waals surface area (Å²) < 4.78 is 0. The molecule has 0 aliphatic carbocycles. The standard InChI is InChI=1S/C15H22N2O/c1-12-11-17(13(2)10-15(12)16-18)9-8-14-6-4-3-5-7-14/h3-7,12-13,18H,8-11H2,1-2H3/b16-15+/t12-,13+/m0/s1. The number of hydrogen-bond acceptors (Lipinski definition) is 3. The lowest BCUT2D eigenvalue weighted by Crippen LogP contribution is -2.46.